The third-order valence-corrected chi connectivity index (χ3v) is 4.39. The van der Waals surface area contributed by atoms with Crippen LogP contribution in [0.1, 0.15) is 45.1 Å². The van der Waals surface area contributed by atoms with Crippen molar-refractivity contribution < 1.29 is 4.79 Å². The largest absolute Gasteiger partial charge is 0.299 e. The molecule has 1 aliphatic carbocycles. The van der Waals surface area contributed by atoms with Crippen molar-refractivity contribution in [3.63, 3.8) is 0 Å². The first-order chi connectivity index (χ1) is 8.66. The molecule has 0 amide bonds. The molecule has 98 valence electrons. The fourth-order valence-corrected chi connectivity index (χ4v) is 3.05. The molecule has 18 heavy (non-hydrogen) atoms. The Balaban J connectivity index is 1.85. The van der Waals surface area contributed by atoms with Crippen LogP contribution in [-0.4, -0.2) is 5.78 Å². The predicted molar refractivity (Wildman–Crippen MR) is 75.4 cm³/mol. The maximum absolute atomic E-state index is 12.2. The van der Waals surface area contributed by atoms with Gasteiger partial charge in [-0.3, -0.25) is 4.79 Å². The van der Waals surface area contributed by atoms with Gasteiger partial charge in [-0.05, 0) is 43.1 Å². The highest BCUT2D eigenvalue weighted by Crippen LogP contribution is 2.34. The zero-order valence-corrected chi connectivity index (χ0v) is 11.6. The number of hydrogen-bond donors (Lipinski definition) is 0. The summed E-state index contributed by atoms with van der Waals surface area (Å²) in [5, 5.41) is 0. The molecule has 0 saturated heterocycles. The topological polar surface area (TPSA) is 17.1 Å². The lowest BCUT2D eigenvalue weighted by Gasteiger charge is -2.30. The van der Waals surface area contributed by atoms with Crippen LogP contribution in [0.5, 0.6) is 0 Å². The van der Waals surface area contributed by atoms with Gasteiger partial charge in [-0.2, -0.15) is 0 Å². The molecule has 1 nitrogen and oxygen atoms in total. The highest BCUT2D eigenvalue weighted by atomic mass is 16.1. The molecule has 0 spiro atoms. The van der Waals surface area contributed by atoms with Crippen LogP contribution in [0.2, 0.25) is 0 Å². The van der Waals surface area contributed by atoms with Crippen molar-refractivity contribution in [1.29, 1.82) is 0 Å². The SMILES string of the molecule is CC(C)C1CCC(C(=O)Cc2ccccc2)CC1. The Morgan fingerprint density at radius 3 is 2.28 bits per heavy atom. The predicted octanol–water partition coefficient (Wildman–Crippen LogP) is 4.26. The van der Waals surface area contributed by atoms with Crippen LogP contribution in [0, 0.1) is 17.8 Å². The van der Waals surface area contributed by atoms with E-state index in [1.807, 2.05) is 18.2 Å². The van der Waals surface area contributed by atoms with Crippen molar-refractivity contribution in [2.45, 2.75) is 46.0 Å². The normalized spacial score (nSPS) is 24.2. The van der Waals surface area contributed by atoms with Crippen molar-refractivity contribution >= 4 is 5.78 Å². The van der Waals surface area contributed by atoms with Crippen LogP contribution in [0.3, 0.4) is 0 Å². The van der Waals surface area contributed by atoms with Crippen LogP contribution >= 0.6 is 0 Å². The van der Waals surface area contributed by atoms with Crippen LogP contribution in [0.25, 0.3) is 0 Å². The summed E-state index contributed by atoms with van der Waals surface area (Å²) in [5.41, 5.74) is 1.16. The second-order valence-electron chi connectivity index (χ2n) is 5.98. The molecule has 1 aromatic carbocycles. The standard InChI is InChI=1S/C17H24O/c1-13(2)15-8-10-16(11-9-15)17(18)12-14-6-4-3-5-7-14/h3-7,13,15-16H,8-12H2,1-2H3. The van der Waals surface area contributed by atoms with Gasteiger partial charge in [0, 0.05) is 12.3 Å². The van der Waals surface area contributed by atoms with Gasteiger partial charge in [0.05, 0.1) is 0 Å². The molecule has 0 atom stereocenters. The van der Waals surface area contributed by atoms with Gasteiger partial charge in [0.2, 0.25) is 0 Å². The summed E-state index contributed by atoms with van der Waals surface area (Å²) >= 11 is 0. The minimum Gasteiger partial charge on any atom is -0.299 e. The van der Waals surface area contributed by atoms with Gasteiger partial charge in [0.15, 0.2) is 0 Å². The lowest BCUT2D eigenvalue weighted by Crippen LogP contribution is -2.25. The van der Waals surface area contributed by atoms with E-state index in [-0.39, 0.29) is 0 Å². The summed E-state index contributed by atoms with van der Waals surface area (Å²) in [6.45, 7) is 4.60. The summed E-state index contributed by atoms with van der Waals surface area (Å²) < 4.78 is 0. The molecular weight excluding hydrogens is 220 g/mol. The van der Waals surface area contributed by atoms with E-state index in [1.54, 1.807) is 0 Å². The van der Waals surface area contributed by atoms with Crippen LogP contribution in [0.15, 0.2) is 30.3 Å². The van der Waals surface area contributed by atoms with Gasteiger partial charge >= 0.3 is 0 Å². The van der Waals surface area contributed by atoms with Crippen molar-refractivity contribution in [2.75, 3.05) is 0 Å². The first-order valence-electron chi connectivity index (χ1n) is 7.23. The molecule has 0 bridgehead atoms. The molecule has 0 aliphatic heterocycles. The minimum atomic E-state index is 0.320. The van der Waals surface area contributed by atoms with Gasteiger partial charge in [0.1, 0.15) is 5.78 Å². The molecule has 1 heteroatoms. The smallest absolute Gasteiger partial charge is 0.140 e. The zero-order chi connectivity index (χ0) is 13.0. The Morgan fingerprint density at radius 2 is 1.72 bits per heavy atom. The van der Waals surface area contributed by atoms with E-state index in [0.717, 1.165) is 30.2 Å². The second kappa shape index (κ2) is 6.17. The molecule has 0 aromatic heterocycles. The zero-order valence-electron chi connectivity index (χ0n) is 11.6. The molecular formula is C17H24O. The third-order valence-electron chi connectivity index (χ3n) is 4.39. The second-order valence-corrected chi connectivity index (χ2v) is 5.98. The molecule has 1 fully saturated rings. The van der Waals surface area contributed by atoms with Crippen LogP contribution in [0.4, 0.5) is 0 Å². The van der Waals surface area contributed by atoms with Crippen molar-refractivity contribution in [3.8, 4) is 0 Å². The molecule has 0 N–H and O–H groups in total. The van der Waals surface area contributed by atoms with Gasteiger partial charge in [0.25, 0.3) is 0 Å². The van der Waals surface area contributed by atoms with E-state index < -0.39 is 0 Å². The Bertz CT molecular complexity index is 372. The number of rotatable bonds is 4. The molecule has 0 unspecified atom stereocenters. The molecule has 2 rings (SSSR count). The molecule has 1 saturated carbocycles. The first-order valence-corrected chi connectivity index (χ1v) is 7.23. The van der Waals surface area contributed by atoms with E-state index in [1.165, 1.54) is 12.8 Å². The average molecular weight is 244 g/mol. The number of carbonyl (C=O) groups is 1. The molecule has 1 aromatic rings. The minimum absolute atomic E-state index is 0.320. The Morgan fingerprint density at radius 1 is 1.11 bits per heavy atom. The van der Waals surface area contributed by atoms with Crippen molar-refractivity contribution in [1.82, 2.24) is 0 Å². The quantitative estimate of drug-likeness (QED) is 0.773. The van der Waals surface area contributed by atoms with E-state index in [9.17, 15) is 4.79 Å². The van der Waals surface area contributed by atoms with Gasteiger partial charge in [-0.15, -0.1) is 0 Å². The van der Waals surface area contributed by atoms with E-state index >= 15 is 0 Å². The fourth-order valence-electron chi connectivity index (χ4n) is 3.05. The summed E-state index contributed by atoms with van der Waals surface area (Å²) in [7, 11) is 0. The monoisotopic (exact) mass is 244 g/mol. The maximum Gasteiger partial charge on any atom is 0.140 e. The Hall–Kier alpha value is -1.11. The Kier molecular flexibility index (Phi) is 4.57. The first kappa shape index (κ1) is 13.3. The summed E-state index contributed by atoms with van der Waals surface area (Å²) in [6.07, 6.45) is 5.31. The average Bonchev–Trinajstić information content (AvgIpc) is 2.40. The Labute approximate surface area is 111 Å². The number of hydrogen-bond acceptors (Lipinski definition) is 1. The summed E-state index contributed by atoms with van der Waals surface area (Å²) in [4.78, 5) is 12.2. The summed E-state index contributed by atoms with van der Waals surface area (Å²) in [5.74, 6) is 2.38. The van der Waals surface area contributed by atoms with E-state index in [2.05, 4.69) is 26.0 Å². The fraction of sp³-hybridized carbons (Fsp3) is 0.588. The lowest BCUT2D eigenvalue weighted by atomic mass is 9.75. The molecule has 1 aliphatic rings. The van der Waals surface area contributed by atoms with Crippen LogP contribution in [-0.2, 0) is 11.2 Å². The summed E-state index contributed by atoms with van der Waals surface area (Å²) in [6, 6.07) is 10.1. The number of carbonyl (C=O) groups excluding carboxylic acids is 1. The van der Waals surface area contributed by atoms with Crippen molar-refractivity contribution in [3.05, 3.63) is 35.9 Å². The maximum atomic E-state index is 12.2. The van der Waals surface area contributed by atoms with Crippen molar-refractivity contribution in [2.24, 2.45) is 17.8 Å². The highest BCUT2D eigenvalue weighted by molar-refractivity contribution is 5.83. The number of ketones is 1. The van der Waals surface area contributed by atoms with Gasteiger partial charge < -0.3 is 0 Å². The van der Waals surface area contributed by atoms with Gasteiger partial charge in [-0.25, -0.2) is 0 Å². The molecule has 0 heterocycles. The highest BCUT2D eigenvalue weighted by Gasteiger charge is 2.27. The third kappa shape index (κ3) is 3.44. The van der Waals surface area contributed by atoms with E-state index in [4.69, 9.17) is 0 Å². The lowest BCUT2D eigenvalue weighted by molar-refractivity contribution is -0.123. The van der Waals surface area contributed by atoms with Gasteiger partial charge in [-0.1, -0.05) is 44.2 Å². The number of benzene rings is 1. The number of Topliss-reactive ketones (excluding diaryl/α,β-unsaturated/α-hetero) is 1. The molecule has 0 radical (unpaired) electrons. The van der Waals surface area contributed by atoms with E-state index in [0.29, 0.717) is 18.1 Å². The van der Waals surface area contributed by atoms with Crippen LogP contribution < -0.4 is 0 Å².